The van der Waals surface area contributed by atoms with Gasteiger partial charge in [0.05, 0.1) is 26.4 Å². The van der Waals surface area contributed by atoms with Crippen LogP contribution < -0.4 is 0 Å². The van der Waals surface area contributed by atoms with Crippen LogP contribution in [0.5, 0.6) is 0 Å². The SMILES string of the molecule is C(OCC1CO1)C1CO1.CCCC(O)Cl. The highest BCUT2D eigenvalue weighted by Crippen LogP contribution is 2.12. The smallest absolute Gasteiger partial charge is 0.128 e. The number of hydrogen-bond acceptors (Lipinski definition) is 4. The predicted octanol–water partition coefficient (Wildman–Crippen LogP) is 1.14. The maximum atomic E-state index is 8.32. The first kappa shape index (κ1) is 13.2. The lowest BCUT2D eigenvalue weighted by Gasteiger charge is -1.95. The summed E-state index contributed by atoms with van der Waals surface area (Å²) in [5, 5.41) is 8.32. The van der Waals surface area contributed by atoms with Crippen molar-refractivity contribution in [2.45, 2.75) is 37.5 Å². The lowest BCUT2D eigenvalue weighted by Crippen LogP contribution is -2.06. The molecule has 0 aliphatic carbocycles. The molecular weight excluding hydrogens is 220 g/mol. The molecule has 0 aromatic heterocycles. The number of halogens is 1. The Kier molecular flexibility index (Phi) is 6.52. The number of epoxide rings is 2. The minimum atomic E-state index is -0.630. The van der Waals surface area contributed by atoms with Crippen molar-refractivity contribution in [2.75, 3.05) is 26.4 Å². The zero-order valence-corrected chi connectivity index (χ0v) is 9.78. The van der Waals surface area contributed by atoms with E-state index in [0.717, 1.165) is 32.8 Å². The van der Waals surface area contributed by atoms with Crippen LogP contribution >= 0.6 is 11.6 Å². The van der Waals surface area contributed by atoms with Crippen LogP contribution in [0.25, 0.3) is 0 Å². The number of alkyl halides is 1. The number of rotatable bonds is 6. The van der Waals surface area contributed by atoms with Crippen molar-refractivity contribution in [3.8, 4) is 0 Å². The third-order valence-electron chi connectivity index (χ3n) is 1.94. The minimum absolute atomic E-state index is 0.392. The summed E-state index contributed by atoms with van der Waals surface area (Å²) in [6.07, 6.45) is 2.43. The fourth-order valence-electron chi connectivity index (χ4n) is 0.898. The molecule has 3 unspecified atom stereocenters. The van der Waals surface area contributed by atoms with Gasteiger partial charge in [-0.2, -0.15) is 0 Å². The van der Waals surface area contributed by atoms with Gasteiger partial charge >= 0.3 is 0 Å². The second-order valence-electron chi connectivity index (χ2n) is 3.67. The Bertz CT molecular complexity index is 146. The van der Waals surface area contributed by atoms with Crippen molar-refractivity contribution in [1.82, 2.24) is 0 Å². The molecule has 0 saturated carbocycles. The van der Waals surface area contributed by atoms with Gasteiger partial charge in [0.15, 0.2) is 0 Å². The van der Waals surface area contributed by atoms with E-state index in [9.17, 15) is 0 Å². The Hall–Kier alpha value is 0.130. The first-order chi connectivity index (χ1) is 7.22. The van der Waals surface area contributed by atoms with Gasteiger partial charge in [-0.05, 0) is 6.42 Å². The number of aliphatic hydroxyl groups excluding tert-OH is 1. The van der Waals surface area contributed by atoms with E-state index in [0.29, 0.717) is 18.6 Å². The second-order valence-corrected chi connectivity index (χ2v) is 4.18. The molecular formula is C10H19ClO4. The summed E-state index contributed by atoms with van der Waals surface area (Å²) in [6.45, 7) is 5.24. The molecule has 2 aliphatic heterocycles. The van der Waals surface area contributed by atoms with Crippen LogP contribution in [-0.2, 0) is 14.2 Å². The molecule has 2 heterocycles. The molecule has 0 amide bonds. The number of aliphatic hydroxyl groups is 1. The van der Waals surface area contributed by atoms with Crippen LogP contribution in [-0.4, -0.2) is 49.3 Å². The van der Waals surface area contributed by atoms with Crippen LogP contribution in [0.15, 0.2) is 0 Å². The molecule has 2 saturated heterocycles. The molecule has 3 atom stereocenters. The van der Waals surface area contributed by atoms with E-state index in [1.54, 1.807) is 0 Å². The van der Waals surface area contributed by atoms with E-state index in [1.165, 1.54) is 0 Å². The Morgan fingerprint density at radius 2 is 1.80 bits per heavy atom. The fraction of sp³-hybridized carbons (Fsp3) is 1.00. The van der Waals surface area contributed by atoms with Crippen LogP contribution in [0.1, 0.15) is 19.8 Å². The van der Waals surface area contributed by atoms with Crippen molar-refractivity contribution in [2.24, 2.45) is 0 Å². The molecule has 2 fully saturated rings. The van der Waals surface area contributed by atoms with Gasteiger partial charge < -0.3 is 19.3 Å². The molecule has 15 heavy (non-hydrogen) atoms. The summed E-state index contributed by atoms with van der Waals surface area (Å²) < 4.78 is 15.1. The topological polar surface area (TPSA) is 54.5 Å². The molecule has 0 bridgehead atoms. The average molecular weight is 239 g/mol. The molecule has 5 heteroatoms. The standard InChI is InChI=1S/C6H10O3.C4H9ClO/c1(5-3-8-5)7-2-6-4-9-6;1-2-3-4(5)6/h5-6H,1-4H2;4,6H,2-3H2,1H3. The number of ether oxygens (including phenoxy) is 3. The highest BCUT2D eigenvalue weighted by molar-refractivity contribution is 6.19. The highest BCUT2D eigenvalue weighted by Gasteiger charge is 2.26. The third-order valence-corrected chi connectivity index (χ3v) is 2.16. The first-order valence-electron chi connectivity index (χ1n) is 5.35. The Balaban J connectivity index is 0.000000167. The van der Waals surface area contributed by atoms with E-state index in [2.05, 4.69) is 0 Å². The maximum absolute atomic E-state index is 8.32. The van der Waals surface area contributed by atoms with Crippen LogP contribution in [0, 0.1) is 0 Å². The Morgan fingerprint density at radius 3 is 2.00 bits per heavy atom. The molecule has 0 aromatic carbocycles. The minimum Gasteiger partial charge on any atom is -0.378 e. The molecule has 90 valence electrons. The van der Waals surface area contributed by atoms with Crippen molar-refractivity contribution in [1.29, 1.82) is 0 Å². The molecule has 2 rings (SSSR count). The Labute approximate surface area is 95.5 Å². The molecule has 4 nitrogen and oxygen atoms in total. The summed E-state index contributed by atoms with van der Waals surface area (Å²) in [5.74, 6) is 0. The number of hydrogen-bond donors (Lipinski definition) is 1. The van der Waals surface area contributed by atoms with Gasteiger partial charge in [-0.3, -0.25) is 0 Å². The molecule has 0 spiro atoms. The van der Waals surface area contributed by atoms with E-state index in [4.69, 9.17) is 30.9 Å². The molecule has 0 aromatic rings. The van der Waals surface area contributed by atoms with Crippen LogP contribution in [0.3, 0.4) is 0 Å². The molecule has 0 radical (unpaired) electrons. The zero-order valence-electron chi connectivity index (χ0n) is 9.02. The van der Waals surface area contributed by atoms with E-state index >= 15 is 0 Å². The van der Waals surface area contributed by atoms with Crippen molar-refractivity contribution < 1.29 is 19.3 Å². The van der Waals surface area contributed by atoms with Gasteiger partial charge in [0.2, 0.25) is 0 Å². The quantitative estimate of drug-likeness (QED) is 0.557. The lowest BCUT2D eigenvalue weighted by molar-refractivity contribution is 0.102. The summed E-state index contributed by atoms with van der Waals surface area (Å²) >= 11 is 5.13. The summed E-state index contributed by atoms with van der Waals surface area (Å²) in [4.78, 5) is 0. The van der Waals surface area contributed by atoms with Crippen LogP contribution in [0.2, 0.25) is 0 Å². The summed E-state index contributed by atoms with van der Waals surface area (Å²) in [7, 11) is 0. The first-order valence-corrected chi connectivity index (χ1v) is 5.79. The fourth-order valence-corrected chi connectivity index (χ4v) is 1.12. The average Bonchev–Trinajstić information content (AvgIpc) is 2.99. The summed E-state index contributed by atoms with van der Waals surface area (Å²) in [6, 6.07) is 0. The largest absolute Gasteiger partial charge is 0.378 e. The van der Waals surface area contributed by atoms with Gasteiger partial charge in [-0.1, -0.05) is 24.9 Å². The predicted molar refractivity (Wildman–Crippen MR) is 57.1 cm³/mol. The Morgan fingerprint density at radius 1 is 1.33 bits per heavy atom. The van der Waals surface area contributed by atoms with Crippen molar-refractivity contribution >= 4 is 11.6 Å². The normalized spacial score (nSPS) is 29.0. The van der Waals surface area contributed by atoms with Gasteiger partial charge in [0, 0.05) is 0 Å². The van der Waals surface area contributed by atoms with E-state index < -0.39 is 5.56 Å². The zero-order chi connectivity index (χ0) is 11.1. The van der Waals surface area contributed by atoms with Gasteiger partial charge in [0.25, 0.3) is 0 Å². The lowest BCUT2D eigenvalue weighted by atomic mass is 10.4. The third kappa shape index (κ3) is 9.08. The monoisotopic (exact) mass is 238 g/mol. The highest BCUT2D eigenvalue weighted by atomic mass is 35.5. The van der Waals surface area contributed by atoms with Crippen LogP contribution in [0.4, 0.5) is 0 Å². The summed E-state index contributed by atoms with van der Waals surface area (Å²) in [5.41, 5.74) is -0.630. The van der Waals surface area contributed by atoms with E-state index in [-0.39, 0.29) is 0 Å². The van der Waals surface area contributed by atoms with Crippen molar-refractivity contribution in [3.05, 3.63) is 0 Å². The maximum Gasteiger partial charge on any atom is 0.128 e. The van der Waals surface area contributed by atoms with Gasteiger partial charge in [-0.15, -0.1) is 0 Å². The molecule has 1 N–H and O–H groups in total. The second kappa shape index (κ2) is 7.41. The van der Waals surface area contributed by atoms with Crippen molar-refractivity contribution in [3.63, 3.8) is 0 Å². The van der Waals surface area contributed by atoms with Gasteiger partial charge in [0.1, 0.15) is 17.8 Å². The van der Waals surface area contributed by atoms with E-state index in [1.807, 2.05) is 6.92 Å². The van der Waals surface area contributed by atoms with Gasteiger partial charge in [-0.25, -0.2) is 0 Å². The molecule has 2 aliphatic rings.